The zero-order chi connectivity index (χ0) is 17.5. The largest absolute Gasteiger partial charge is 0.508 e. The van der Waals surface area contributed by atoms with Crippen LogP contribution in [0.2, 0.25) is 0 Å². The van der Waals surface area contributed by atoms with Crippen LogP contribution in [-0.2, 0) is 6.42 Å². The Morgan fingerprint density at radius 1 is 1.08 bits per heavy atom. The van der Waals surface area contributed by atoms with Crippen molar-refractivity contribution < 1.29 is 14.6 Å². The van der Waals surface area contributed by atoms with Crippen molar-refractivity contribution >= 4 is 11.6 Å². The van der Waals surface area contributed by atoms with Gasteiger partial charge in [0.05, 0.1) is 13.2 Å². The lowest BCUT2D eigenvalue weighted by Crippen LogP contribution is -2.22. The standard InChI is InChI=1S/C19H23N3O3/c20-19(21-10-1-3-14-4-7-16(23)8-5-14)22-15-6-9-17-18(13-15)25-12-2-11-24-17/h4-9,13,23H,1-3,10-12H2,(H3,20,21,22). The Morgan fingerprint density at radius 2 is 1.84 bits per heavy atom. The van der Waals surface area contributed by atoms with Crippen LogP contribution in [0.1, 0.15) is 18.4 Å². The van der Waals surface area contributed by atoms with E-state index >= 15 is 0 Å². The number of phenolic OH excluding ortho intramolecular Hbond substituents is 1. The smallest absolute Gasteiger partial charge is 0.193 e. The van der Waals surface area contributed by atoms with E-state index in [0.717, 1.165) is 36.4 Å². The number of nitrogens with one attached hydrogen (secondary N) is 1. The van der Waals surface area contributed by atoms with Gasteiger partial charge in [-0.05, 0) is 42.7 Å². The molecule has 1 aliphatic heterocycles. The molecule has 0 amide bonds. The van der Waals surface area contributed by atoms with Crippen molar-refractivity contribution in [3.63, 3.8) is 0 Å². The lowest BCUT2D eigenvalue weighted by Gasteiger charge is -2.10. The first-order valence-electron chi connectivity index (χ1n) is 8.45. The zero-order valence-electron chi connectivity index (χ0n) is 14.1. The minimum atomic E-state index is 0.283. The molecule has 3 rings (SSSR count). The predicted octanol–water partition coefficient (Wildman–Crippen LogP) is 2.91. The Morgan fingerprint density at radius 3 is 2.64 bits per heavy atom. The van der Waals surface area contributed by atoms with Crippen LogP contribution in [0, 0.1) is 0 Å². The number of ether oxygens (including phenoxy) is 2. The topological polar surface area (TPSA) is 89.1 Å². The fourth-order valence-corrected chi connectivity index (χ4v) is 2.57. The van der Waals surface area contributed by atoms with Crippen molar-refractivity contribution in [2.24, 2.45) is 10.7 Å². The first-order valence-corrected chi connectivity index (χ1v) is 8.45. The summed E-state index contributed by atoms with van der Waals surface area (Å²) in [6.45, 7) is 1.95. The molecule has 2 aromatic carbocycles. The highest BCUT2D eigenvalue weighted by Gasteiger charge is 2.10. The van der Waals surface area contributed by atoms with Crippen molar-refractivity contribution in [1.82, 2.24) is 0 Å². The van der Waals surface area contributed by atoms with Crippen LogP contribution in [-0.4, -0.2) is 30.8 Å². The molecule has 25 heavy (non-hydrogen) atoms. The normalized spacial score (nSPS) is 14.0. The molecule has 6 nitrogen and oxygen atoms in total. The molecular formula is C19H23N3O3. The number of rotatable bonds is 5. The average molecular weight is 341 g/mol. The van der Waals surface area contributed by atoms with E-state index in [1.807, 2.05) is 30.3 Å². The van der Waals surface area contributed by atoms with Crippen LogP contribution in [0.3, 0.4) is 0 Å². The van der Waals surface area contributed by atoms with Gasteiger partial charge < -0.3 is 25.6 Å². The second-order valence-electron chi connectivity index (χ2n) is 5.87. The molecule has 0 spiro atoms. The molecule has 0 bridgehead atoms. The number of anilines is 1. The second kappa shape index (κ2) is 8.28. The molecule has 0 saturated carbocycles. The van der Waals surface area contributed by atoms with Gasteiger partial charge >= 0.3 is 0 Å². The maximum Gasteiger partial charge on any atom is 0.193 e. The van der Waals surface area contributed by atoms with Crippen LogP contribution in [0.4, 0.5) is 5.69 Å². The first kappa shape index (κ1) is 17.0. The summed E-state index contributed by atoms with van der Waals surface area (Å²) in [5.41, 5.74) is 7.94. The molecule has 4 N–H and O–H groups in total. The molecule has 0 fully saturated rings. The van der Waals surface area contributed by atoms with E-state index in [1.54, 1.807) is 12.1 Å². The van der Waals surface area contributed by atoms with E-state index in [0.29, 0.717) is 25.7 Å². The first-order chi connectivity index (χ1) is 12.2. The van der Waals surface area contributed by atoms with Crippen molar-refractivity contribution in [2.45, 2.75) is 19.3 Å². The molecular weight excluding hydrogens is 318 g/mol. The van der Waals surface area contributed by atoms with Gasteiger partial charge in [0.15, 0.2) is 17.5 Å². The SMILES string of the molecule is NC(=NCCCc1ccc(O)cc1)Nc1ccc2c(c1)OCCCO2. The fraction of sp³-hybridized carbons (Fsp3) is 0.316. The number of benzene rings is 2. The summed E-state index contributed by atoms with van der Waals surface area (Å²) in [7, 11) is 0. The number of guanidine groups is 1. The van der Waals surface area contributed by atoms with E-state index in [1.165, 1.54) is 5.56 Å². The number of aromatic hydroxyl groups is 1. The lowest BCUT2D eigenvalue weighted by atomic mass is 10.1. The number of fused-ring (bicyclic) bond motifs is 1. The van der Waals surface area contributed by atoms with Crippen molar-refractivity contribution in [2.75, 3.05) is 25.1 Å². The predicted molar refractivity (Wildman–Crippen MR) is 98.6 cm³/mol. The third-order valence-electron chi connectivity index (χ3n) is 3.86. The molecule has 132 valence electrons. The summed E-state index contributed by atoms with van der Waals surface area (Å²) in [6.07, 6.45) is 2.65. The van der Waals surface area contributed by atoms with Crippen LogP contribution in [0.15, 0.2) is 47.5 Å². The third-order valence-corrected chi connectivity index (χ3v) is 3.86. The van der Waals surface area contributed by atoms with Crippen molar-refractivity contribution in [1.29, 1.82) is 0 Å². The van der Waals surface area contributed by atoms with Crippen LogP contribution in [0.5, 0.6) is 17.2 Å². The Bertz CT molecular complexity index is 729. The summed E-state index contributed by atoms with van der Waals surface area (Å²) in [5, 5.41) is 12.3. The van der Waals surface area contributed by atoms with Gasteiger partial charge in [0, 0.05) is 24.7 Å². The molecule has 1 aliphatic rings. The molecule has 0 unspecified atom stereocenters. The number of hydrogen-bond acceptors (Lipinski definition) is 4. The molecule has 6 heteroatoms. The van der Waals surface area contributed by atoms with Crippen molar-refractivity contribution in [3.8, 4) is 17.2 Å². The number of hydrogen-bond donors (Lipinski definition) is 3. The molecule has 0 radical (unpaired) electrons. The molecule has 1 heterocycles. The van der Waals surface area contributed by atoms with Gasteiger partial charge in [-0.25, -0.2) is 0 Å². The maximum atomic E-state index is 9.27. The summed E-state index contributed by atoms with van der Waals surface area (Å²) >= 11 is 0. The summed E-state index contributed by atoms with van der Waals surface area (Å²) in [6, 6.07) is 12.9. The van der Waals surface area contributed by atoms with Gasteiger partial charge in [-0.3, -0.25) is 4.99 Å². The Labute approximate surface area is 147 Å². The Kier molecular flexibility index (Phi) is 5.61. The summed E-state index contributed by atoms with van der Waals surface area (Å²) in [5.74, 6) is 2.14. The highest BCUT2D eigenvalue weighted by atomic mass is 16.5. The monoisotopic (exact) mass is 341 g/mol. The number of phenols is 1. The Balaban J connectivity index is 1.49. The third kappa shape index (κ3) is 5.04. The van der Waals surface area contributed by atoms with E-state index in [2.05, 4.69) is 10.3 Å². The average Bonchev–Trinajstić information content (AvgIpc) is 2.85. The zero-order valence-corrected chi connectivity index (χ0v) is 14.1. The van der Waals surface area contributed by atoms with Crippen LogP contribution in [0.25, 0.3) is 0 Å². The number of nitrogens with two attached hydrogens (primary N) is 1. The second-order valence-corrected chi connectivity index (χ2v) is 5.87. The summed E-state index contributed by atoms with van der Waals surface area (Å²) in [4.78, 5) is 4.34. The molecule has 2 aromatic rings. The van der Waals surface area contributed by atoms with Gasteiger partial charge in [0.25, 0.3) is 0 Å². The fourth-order valence-electron chi connectivity index (χ4n) is 2.57. The van der Waals surface area contributed by atoms with Gasteiger partial charge in [0.1, 0.15) is 5.75 Å². The van der Waals surface area contributed by atoms with E-state index < -0.39 is 0 Å². The van der Waals surface area contributed by atoms with Gasteiger partial charge in [-0.1, -0.05) is 12.1 Å². The van der Waals surface area contributed by atoms with E-state index in [9.17, 15) is 5.11 Å². The van der Waals surface area contributed by atoms with E-state index in [-0.39, 0.29) is 5.75 Å². The van der Waals surface area contributed by atoms with Crippen LogP contribution >= 0.6 is 0 Å². The molecule has 0 atom stereocenters. The molecule has 0 saturated heterocycles. The molecule has 0 aromatic heterocycles. The summed E-state index contributed by atoms with van der Waals surface area (Å²) < 4.78 is 11.3. The van der Waals surface area contributed by atoms with Gasteiger partial charge in [-0.15, -0.1) is 0 Å². The highest BCUT2D eigenvalue weighted by molar-refractivity contribution is 5.92. The Hall–Kier alpha value is -2.89. The molecule has 0 aliphatic carbocycles. The van der Waals surface area contributed by atoms with Gasteiger partial charge in [-0.2, -0.15) is 0 Å². The minimum absolute atomic E-state index is 0.283. The maximum absolute atomic E-state index is 9.27. The van der Waals surface area contributed by atoms with Crippen molar-refractivity contribution in [3.05, 3.63) is 48.0 Å². The van der Waals surface area contributed by atoms with Gasteiger partial charge in [0.2, 0.25) is 0 Å². The highest BCUT2D eigenvalue weighted by Crippen LogP contribution is 2.32. The number of aliphatic imine (C=N–C) groups is 1. The number of aryl methyl sites for hydroxylation is 1. The lowest BCUT2D eigenvalue weighted by molar-refractivity contribution is 0.297. The van der Waals surface area contributed by atoms with E-state index in [4.69, 9.17) is 15.2 Å². The quantitative estimate of drug-likeness (QED) is 0.442. The number of nitrogens with zero attached hydrogens (tertiary/aromatic N) is 1. The minimum Gasteiger partial charge on any atom is -0.508 e. The van der Waals surface area contributed by atoms with Crippen LogP contribution < -0.4 is 20.5 Å².